The van der Waals surface area contributed by atoms with Gasteiger partial charge in [-0.1, -0.05) is 18.2 Å². The maximum absolute atomic E-state index is 12.4. The van der Waals surface area contributed by atoms with Crippen molar-refractivity contribution in [3.63, 3.8) is 0 Å². The Morgan fingerprint density at radius 2 is 2.16 bits per heavy atom. The van der Waals surface area contributed by atoms with E-state index >= 15 is 0 Å². The maximum Gasteiger partial charge on any atom is 0.234 e. The van der Waals surface area contributed by atoms with Crippen LogP contribution in [0, 0.1) is 5.41 Å². The molecule has 1 aliphatic heterocycles. The summed E-state index contributed by atoms with van der Waals surface area (Å²) < 4.78 is 10.4. The number of amides is 1. The Morgan fingerprint density at radius 3 is 2.68 bits per heavy atom. The van der Waals surface area contributed by atoms with E-state index in [0.29, 0.717) is 26.3 Å². The normalized spacial score (nSPS) is 16.6. The Kier molecular flexibility index (Phi) is 4.07. The predicted octanol–water partition coefficient (Wildman–Crippen LogP) is 0.629. The molecule has 19 heavy (non-hydrogen) atoms. The van der Waals surface area contributed by atoms with Crippen molar-refractivity contribution in [1.29, 1.82) is 0 Å². The first-order valence-electron chi connectivity index (χ1n) is 6.28. The Bertz CT molecular complexity index is 452. The lowest BCUT2D eigenvalue weighted by Crippen LogP contribution is -2.58. The van der Waals surface area contributed by atoms with Crippen LogP contribution in [0.15, 0.2) is 24.3 Å². The largest absolute Gasteiger partial charge is 0.496 e. The van der Waals surface area contributed by atoms with E-state index in [9.17, 15) is 4.79 Å². The van der Waals surface area contributed by atoms with Gasteiger partial charge in [-0.25, -0.2) is 0 Å². The van der Waals surface area contributed by atoms with Gasteiger partial charge in [0.25, 0.3) is 0 Å². The third-order valence-corrected chi connectivity index (χ3v) is 3.55. The molecular formula is C14H20N2O3. The molecule has 0 aromatic heterocycles. The third kappa shape index (κ3) is 2.57. The number of methoxy groups -OCH3 is 1. The number of hydrogen-bond acceptors (Lipinski definition) is 4. The Hall–Kier alpha value is -1.59. The van der Waals surface area contributed by atoms with E-state index in [4.69, 9.17) is 15.2 Å². The van der Waals surface area contributed by atoms with Crippen molar-refractivity contribution < 1.29 is 14.3 Å². The number of carbonyl (C=O) groups excluding carboxylic acids is 1. The van der Waals surface area contributed by atoms with Gasteiger partial charge in [-0.3, -0.25) is 4.79 Å². The number of ether oxygens (including phenoxy) is 2. The Balaban J connectivity index is 2.08. The van der Waals surface area contributed by atoms with Crippen LogP contribution in [0.3, 0.4) is 0 Å². The highest BCUT2D eigenvalue weighted by Gasteiger charge is 2.46. The second-order valence-corrected chi connectivity index (χ2v) is 4.95. The van der Waals surface area contributed by atoms with Gasteiger partial charge in [0.1, 0.15) is 11.2 Å². The molecule has 1 heterocycles. The molecule has 1 saturated heterocycles. The molecule has 104 valence electrons. The molecule has 0 spiro atoms. The monoisotopic (exact) mass is 264 g/mol. The van der Waals surface area contributed by atoms with Crippen LogP contribution in [0.5, 0.6) is 5.75 Å². The van der Waals surface area contributed by atoms with Gasteiger partial charge in [-0.15, -0.1) is 0 Å². The third-order valence-electron chi connectivity index (χ3n) is 3.55. The number of rotatable bonds is 5. The molecule has 5 nitrogen and oxygen atoms in total. The fraction of sp³-hybridized carbons (Fsp3) is 0.500. The van der Waals surface area contributed by atoms with Gasteiger partial charge < -0.3 is 20.1 Å². The average Bonchev–Trinajstić information content (AvgIpc) is 2.38. The van der Waals surface area contributed by atoms with Crippen molar-refractivity contribution in [2.45, 2.75) is 6.54 Å². The number of hydrogen-bond donors (Lipinski definition) is 1. The SMILES string of the molecule is COc1ccccc1CN(C)C(=O)C1(CN)COC1. The van der Waals surface area contributed by atoms with Crippen LogP contribution < -0.4 is 10.5 Å². The highest BCUT2D eigenvalue weighted by molar-refractivity contribution is 5.84. The molecule has 0 bridgehead atoms. The van der Waals surface area contributed by atoms with Crippen molar-refractivity contribution in [1.82, 2.24) is 4.90 Å². The molecule has 1 amide bonds. The summed E-state index contributed by atoms with van der Waals surface area (Å²) in [5.41, 5.74) is 6.15. The van der Waals surface area contributed by atoms with Crippen molar-refractivity contribution >= 4 is 5.91 Å². The van der Waals surface area contributed by atoms with Gasteiger partial charge in [0.15, 0.2) is 0 Å². The van der Waals surface area contributed by atoms with Gasteiger partial charge in [0, 0.05) is 25.7 Å². The highest BCUT2D eigenvalue weighted by Crippen LogP contribution is 2.29. The van der Waals surface area contributed by atoms with E-state index in [1.807, 2.05) is 24.3 Å². The molecule has 5 heteroatoms. The van der Waals surface area contributed by atoms with Crippen LogP contribution >= 0.6 is 0 Å². The zero-order valence-corrected chi connectivity index (χ0v) is 11.4. The number of nitrogens with two attached hydrogens (primary N) is 1. The van der Waals surface area contributed by atoms with Crippen LogP contribution in [-0.4, -0.2) is 44.7 Å². The number of nitrogens with zero attached hydrogens (tertiary/aromatic N) is 1. The minimum Gasteiger partial charge on any atom is -0.496 e. The van der Waals surface area contributed by atoms with E-state index in [1.165, 1.54) is 0 Å². The smallest absolute Gasteiger partial charge is 0.234 e. The molecule has 0 saturated carbocycles. The molecule has 0 unspecified atom stereocenters. The van der Waals surface area contributed by atoms with Gasteiger partial charge in [-0.2, -0.15) is 0 Å². The molecule has 0 aliphatic carbocycles. The fourth-order valence-electron chi connectivity index (χ4n) is 2.24. The molecule has 1 fully saturated rings. The van der Waals surface area contributed by atoms with Crippen LogP contribution in [0.25, 0.3) is 0 Å². The summed E-state index contributed by atoms with van der Waals surface area (Å²) in [7, 11) is 3.41. The Morgan fingerprint density at radius 1 is 1.47 bits per heavy atom. The van der Waals surface area contributed by atoms with Gasteiger partial charge in [0.05, 0.1) is 20.3 Å². The fourth-order valence-corrected chi connectivity index (χ4v) is 2.24. The summed E-state index contributed by atoms with van der Waals surface area (Å²) in [6, 6.07) is 7.68. The predicted molar refractivity (Wildman–Crippen MR) is 71.8 cm³/mol. The lowest BCUT2D eigenvalue weighted by Gasteiger charge is -2.41. The number of para-hydroxylation sites is 1. The van der Waals surface area contributed by atoms with E-state index < -0.39 is 5.41 Å². The summed E-state index contributed by atoms with van der Waals surface area (Å²) in [5.74, 6) is 0.820. The summed E-state index contributed by atoms with van der Waals surface area (Å²) >= 11 is 0. The lowest BCUT2D eigenvalue weighted by atomic mass is 9.84. The van der Waals surface area contributed by atoms with E-state index in [0.717, 1.165) is 11.3 Å². The van der Waals surface area contributed by atoms with E-state index in [-0.39, 0.29) is 5.91 Å². The molecular weight excluding hydrogens is 244 g/mol. The number of carbonyl (C=O) groups is 1. The first-order chi connectivity index (χ1) is 9.13. The first-order valence-corrected chi connectivity index (χ1v) is 6.28. The van der Waals surface area contributed by atoms with E-state index in [1.54, 1.807) is 19.1 Å². The minimum absolute atomic E-state index is 0.0344. The molecule has 1 aromatic carbocycles. The van der Waals surface area contributed by atoms with Crippen molar-refractivity contribution in [3.8, 4) is 5.75 Å². The van der Waals surface area contributed by atoms with Crippen LogP contribution in [0.2, 0.25) is 0 Å². The van der Waals surface area contributed by atoms with Gasteiger partial charge in [-0.05, 0) is 6.07 Å². The number of benzene rings is 1. The lowest BCUT2D eigenvalue weighted by molar-refractivity contribution is -0.169. The standard InChI is InChI=1S/C14H20N2O3/c1-16(13(17)14(8-15)9-19-10-14)7-11-5-3-4-6-12(11)18-2/h3-6H,7-10,15H2,1-2H3. The van der Waals surface area contributed by atoms with Crippen LogP contribution in [0.4, 0.5) is 0 Å². The first kappa shape index (κ1) is 13.8. The van der Waals surface area contributed by atoms with Gasteiger partial charge >= 0.3 is 0 Å². The highest BCUT2D eigenvalue weighted by atomic mass is 16.5. The van der Waals surface area contributed by atoms with Crippen LogP contribution in [0.1, 0.15) is 5.56 Å². The summed E-state index contributed by atoms with van der Waals surface area (Å²) in [5, 5.41) is 0. The van der Waals surface area contributed by atoms with Crippen molar-refractivity contribution in [3.05, 3.63) is 29.8 Å². The molecule has 0 radical (unpaired) electrons. The Labute approximate surface area is 113 Å². The minimum atomic E-state index is -0.531. The van der Waals surface area contributed by atoms with Crippen LogP contribution in [-0.2, 0) is 16.1 Å². The molecule has 0 atom stereocenters. The summed E-state index contributed by atoms with van der Waals surface area (Å²) in [6.07, 6.45) is 0. The average molecular weight is 264 g/mol. The molecule has 2 N–H and O–H groups in total. The maximum atomic E-state index is 12.4. The van der Waals surface area contributed by atoms with E-state index in [2.05, 4.69) is 0 Å². The summed E-state index contributed by atoms with van der Waals surface area (Å²) in [6.45, 7) is 1.66. The van der Waals surface area contributed by atoms with Crippen molar-refractivity contribution in [2.24, 2.45) is 11.1 Å². The van der Waals surface area contributed by atoms with Gasteiger partial charge in [0.2, 0.25) is 5.91 Å². The molecule has 2 rings (SSSR count). The zero-order chi connectivity index (χ0) is 13.9. The molecule has 1 aliphatic rings. The quantitative estimate of drug-likeness (QED) is 0.847. The van der Waals surface area contributed by atoms with Crippen molar-refractivity contribution in [2.75, 3.05) is 33.9 Å². The second-order valence-electron chi connectivity index (χ2n) is 4.95. The second kappa shape index (κ2) is 5.59. The zero-order valence-electron chi connectivity index (χ0n) is 11.4. The summed E-state index contributed by atoms with van der Waals surface area (Å²) in [4.78, 5) is 14.1. The topological polar surface area (TPSA) is 64.8 Å². The molecule has 1 aromatic rings.